The van der Waals surface area contributed by atoms with Crippen molar-refractivity contribution in [1.82, 2.24) is 20.1 Å². The van der Waals surface area contributed by atoms with Crippen LogP contribution >= 0.6 is 0 Å². The highest BCUT2D eigenvalue weighted by Gasteiger charge is 2.29. The van der Waals surface area contributed by atoms with Gasteiger partial charge in [0.15, 0.2) is 5.82 Å². The van der Waals surface area contributed by atoms with Crippen LogP contribution in [-0.4, -0.2) is 38.3 Å². The second-order valence-electron chi connectivity index (χ2n) is 8.80. The van der Waals surface area contributed by atoms with Crippen molar-refractivity contribution in [3.8, 4) is 5.82 Å². The fraction of sp³-hybridized carbons (Fsp3) is 0.360. The highest BCUT2D eigenvalue weighted by atomic mass is 19.3. The van der Waals surface area contributed by atoms with Crippen molar-refractivity contribution in [3.63, 3.8) is 0 Å². The lowest BCUT2D eigenvalue weighted by Gasteiger charge is -2.35. The molecule has 1 aromatic carbocycles. The monoisotopic (exact) mass is 483 g/mol. The van der Waals surface area contributed by atoms with Gasteiger partial charge in [0.05, 0.1) is 36.1 Å². The third-order valence-electron chi connectivity index (χ3n) is 6.17. The van der Waals surface area contributed by atoms with Gasteiger partial charge in [-0.15, -0.1) is 0 Å². The van der Waals surface area contributed by atoms with Gasteiger partial charge in [0.25, 0.3) is 11.8 Å². The quantitative estimate of drug-likeness (QED) is 0.391. The van der Waals surface area contributed by atoms with Crippen LogP contribution in [0.5, 0.6) is 0 Å². The first-order chi connectivity index (χ1) is 16.7. The molecule has 1 amide bonds. The molecule has 4 rings (SSSR count). The van der Waals surface area contributed by atoms with Crippen molar-refractivity contribution >= 4 is 17.6 Å². The number of pyridine rings is 1. The maximum atomic E-state index is 13.5. The van der Waals surface area contributed by atoms with E-state index in [1.165, 1.54) is 10.9 Å². The highest BCUT2D eigenvalue weighted by molar-refractivity contribution is 5.94. The number of carbonyl (C=O) groups is 2. The van der Waals surface area contributed by atoms with Crippen LogP contribution in [0.15, 0.2) is 55.0 Å². The van der Waals surface area contributed by atoms with Gasteiger partial charge >= 0.3 is 5.97 Å². The average Bonchev–Trinajstić information content (AvgIpc) is 3.29. The van der Waals surface area contributed by atoms with E-state index in [0.29, 0.717) is 17.3 Å². The molecule has 8 nitrogen and oxygen atoms in total. The number of alkyl halides is 2. The molecule has 10 heteroatoms. The van der Waals surface area contributed by atoms with E-state index in [1.807, 2.05) is 18.2 Å². The van der Waals surface area contributed by atoms with E-state index >= 15 is 0 Å². The number of hydrogen-bond acceptors (Lipinski definition) is 5. The predicted molar refractivity (Wildman–Crippen MR) is 126 cm³/mol. The van der Waals surface area contributed by atoms with Crippen LogP contribution in [0.4, 0.5) is 14.5 Å². The number of nitrogens with zero attached hydrogens (tertiary/aromatic N) is 3. The SMILES string of the molecule is CC(F)(F)c1cnn(-c2ccc(NC(c3ccc(C(=O)NCCC(=O)O)cc3)C3CCC3)cn2)c1. The molecule has 1 aliphatic carbocycles. The van der Waals surface area contributed by atoms with Gasteiger partial charge in [-0.05, 0) is 48.6 Å². The van der Waals surface area contributed by atoms with Crippen LogP contribution in [0.3, 0.4) is 0 Å². The summed E-state index contributed by atoms with van der Waals surface area (Å²) >= 11 is 0. The Morgan fingerprint density at radius 2 is 1.91 bits per heavy atom. The molecule has 1 atom stereocenters. The van der Waals surface area contributed by atoms with Crippen molar-refractivity contribution in [2.45, 2.75) is 44.6 Å². The molecule has 1 saturated carbocycles. The van der Waals surface area contributed by atoms with Crippen LogP contribution in [-0.2, 0) is 10.7 Å². The van der Waals surface area contributed by atoms with E-state index in [-0.39, 0.29) is 30.5 Å². The number of amides is 1. The van der Waals surface area contributed by atoms with Crippen LogP contribution in [0.2, 0.25) is 0 Å². The fourth-order valence-electron chi connectivity index (χ4n) is 3.93. The minimum Gasteiger partial charge on any atom is -0.481 e. The van der Waals surface area contributed by atoms with Gasteiger partial charge in [-0.3, -0.25) is 9.59 Å². The number of rotatable bonds is 10. The molecule has 3 N–H and O–H groups in total. The summed E-state index contributed by atoms with van der Waals surface area (Å²) in [4.78, 5) is 27.2. The van der Waals surface area contributed by atoms with Crippen LogP contribution in [0.25, 0.3) is 5.82 Å². The number of hydrogen-bond donors (Lipinski definition) is 3. The van der Waals surface area contributed by atoms with Gasteiger partial charge in [-0.25, -0.2) is 18.4 Å². The van der Waals surface area contributed by atoms with Gasteiger partial charge in [0.1, 0.15) is 0 Å². The van der Waals surface area contributed by atoms with Gasteiger partial charge in [0, 0.05) is 25.2 Å². The molecule has 0 aliphatic heterocycles. The van der Waals surface area contributed by atoms with Crippen molar-refractivity contribution in [2.75, 3.05) is 11.9 Å². The molecular weight excluding hydrogens is 456 g/mol. The second kappa shape index (κ2) is 10.2. The molecule has 0 saturated heterocycles. The number of carbonyl (C=O) groups excluding carboxylic acids is 1. The first kappa shape index (κ1) is 24.3. The summed E-state index contributed by atoms with van der Waals surface area (Å²) in [5, 5.41) is 18.8. The number of anilines is 1. The molecule has 184 valence electrons. The summed E-state index contributed by atoms with van der Waals surface area (Å²) in [5.41, 5.74) is 2.11. The smallest absolute Gasteiger partial charge is 0.305 e. The van der Waals surface area contributed by atoms with Crippen molar-refractivity contribution in [2.24, 2.45) is 5.92 Å². The Morgan fingerprint density at radius 1 is 1.17 bits per heavy atom. The van der Waals surface area contributed by atoms with Crippen LogP contribution < -0.4 is 10.6 Å². The van der Waals surface area contributed by atoms with E-state index in [1.54, 1.807) is 24.4 Å². The summed E-state index contributed by atoms with van der Waals surface area (Å²) < 4.78 is 28.3. The number of carboxylic acids is 1. The van der Waals surface area contributed by atoms with Crippen molar-refractivity contribution in [1.29, 1.82) is 0 Å². The largest absolute Gasteiger partial charge is 0.481 e. The lowest BCUT2D eigenvalue weighted by Crippen LogP contribution is -2.27. The molecular formula is C25H27F2N5O3. The van der Waals surface area contributed by atoms with E-state index < -0.39 is 11.9 Å². The number of benzene rings is 1. The van der Waals surface area contributed by atoms with Gasteiger partial charge in [0.2, 0.25) is 0 Å². The summed E-state index contributed by atoms with van der Waals surface area (Å²) in [6, 6.07) is 10.9. The summed E-state index contributed by atoms with van der Waals surface area (Å²) in [7, 11) is 0. The third kappa shape index (κ3) is 6.00. The minimum atomic E-state index is -2.97. The zero-order valence-corrected chi connectivity index (χ0v) is 19.2. The molecule has 3 aromatic rings. The van der Waals surface area contributed by atoms with Gasteiger partial charge < -0.3 is 15.7 Å². The molecule has 0 radical (unpaired) electrons. The summed E-state index contributed by atoms with van der Waals surface area (Å²) in [6.45, 7) is 0.902. The molecule has 2 heterocycles. The fourth-order valence-corrected chi connectivity index (χ4v) is 3.93. The Balaban J connectivity index is 1.44. The summed E-state index contributed by atoms with van der Waals surface area (Å²) in [5.74, 6) is -3.37. The standard InChI is InChI=1S/C25H27F2N5O3/c1-25(26,27)19-13-30-32(15-19)21-10-9-20(14-29-21)31-23(16-3-2-4-16)17-5-7-18(8-6-17)24(35)28-12-11-22(33)34/h5-10,13-16,23,31H,2-4,11-12H2,1H3,(H,28,35)(H,33,34). The molecule has 1 fully saturated rings. The minimum absolute atomic E-state index is 0.0237. The first-order valence-electron chi connectivity index (χ1n) is 11.5. The highest BCUT2D eigenvalue weighted by Crippen LogP contribution is 2.39. The number of halogens is 2. The van der Waals surface area contributed by atoms with Gasteiger partial charge in [-0.1, -0.05) is 18.6 Å². The molecule has 1 aliphatic rings. The molecule has 35 heavy (non-hydrogen) atoms. The van der Waals surface area contributed by atoms with Crippen molar-refractivity contribution in [3.05, 3.63) is 71.7 Å². The zero-order chi connectivity index (χ0) is 25.0. The Labute approximate surface area is 201 Å². The van der Waals surface area contributed by atoms with E-state index in [2.05, 4.69) is 20.7 Å². The van der Waals surface area contributed by atoms with Crippen LogP contribution in [0, 0.1) is 5.92 Å². The third-order valence-corrected chi connectivity index (χ3v) is 6.17. The van der Waals surface area contributed by atoms with Gasteiger partial charge in [-0.2, -0.15) is 5.10 Å². The second-order valence-corrected chi connectivity index (χ2v) is 8.80. The molecule has 2 aromatic heterocycles. The lowest BCUT2D eigenvalue weighted by atomic mass is 9.77. The number of nitrogens with one attached hydrogen (secondary N) is 2. The zero-order valence-electron chi connectivity index (χ0n) is 19.2. The van der Waals surface area contributed by atoms with Crippen molar-refractivity contribution < 1.29 is 23.5 Å². The number of carboxylic acid groups (broad SMARTS) is 1. The average molecular weight is 484 g/mol. The van der Waals surface area contributed by atoms with Crippen LogP contribution in [0.1, 0.15) is 60.1 Å². The maximum Gasteiger partial charge on any atom is 0.305 e. The lowest BCUT2D eigenvalue weighted by molar-refractivity contribution is -0.136. The maximum absolute atomic E-state index is 13.5. The normalized spacial score (nSPS) is 14.7. The van der Waals surface area contributed by atoms with E-state index in [4.69, 9.17) is 5.11 Å². The Morgan fingerprint density at radius 3 is 2.46 bits per heavy atom. The molecule has 0 spiro atoms. The number of aromatic nitrogens is 3. The Bertz CT molecular complexity index is 1170. The Kier molecular flexibility index (Phi) is 7.09. The topological polar surface area (TPSA) is 109 Å². The molecule has 0 bridgehead atoms. The number of aliphatic carboxylic acids is 1. The van der Waals surface area contributed by atoms with E-state index in [0.717, 1.165) is 43.6 Å². The Hall–Kier alpha value is -3.82. The van der Waals surface area contributed by atoms with E-state index in [9.17, 15) is 18.4 Å². The summed E-state index contributed by atoms with van der Waals surface area (Å²) in [6.07, 6.45) is 7.26. The first-order valence-corrected chi connectivity index (χ1v) is 11.5. The molecule has 1 unspecified atom stereocenters. The predicted octanol–water partition coefficient (Wildman–Crippen LogP) is 4.54.